The fraction of sp³-hybridized carbons (Fsp3) is 0.933. The van der Waals surface area contributed by atoms with Crippen molar-refractivity contribution in [2.75, 3.05) is 26.2 Å². The van der Waals surface area contributed by atoms with Gasteiger partial charge in [-0.1, -0.05) is 26.2 Å². The molecule has 3 heteroatoms. The summed E-state index contributed by atoms with van der Waals surface area (Å²) < 4.78 is 5.09. The summed E-state index contributed by atoms with van der Waals surface area (Å²) in [5.74, 6) is 1.84. The number of carbonyl (C=O) groups is 1. The fourth-order valence-electron chi connectivity index (χ4n) is 3.59. The van der Waals surface area contributed by atoms with E-state index in [1.54, 1.807) is 0 Å². The van der Waals surface area contributed by atoms with Gasteiger partial charge < -0.3 is 9.64 Å². The monoisotopic (exact) mass is 253 g/mol. The molecule has 2 rings (SSSR count). The van der Waals surface area contributed by atoms with Crippen molar-refractivity contribution in [2.24, 2.45) is 17.8 Å². The third kappa shape index (κ3) is 3.47. The second-order valence-electron chi connectivity index (χ2n) is 6.01. The Kier molecular flexibility index (Phi) is 5.04. The van der Waals surface area contributed by atoms with Gasteiger partial charge in [-0.3, -0.25) is 4.79 Å². The van der Waals surface area contributed by atoms with E-state index >= 15 is 0 Å². The van der Waals surface area contributed by atoms with Crippen LogP contribution in [-0.2, 0) is 9.53 Å². The molecule has 1 saturated heterocycles. The molecule has 3 unspecified atom stereocenters. The van der Waals surface area contributed by atoms with E-state index in [-0.39, 0.29) is 11.9 Å². The molecule has 0 amide bonds. The number of piperidine rings is 1. The highest BCUT2D eigenvalue weighted by Crippen LogP contribution is 2.36. The summed E-state index contributed by atoms with van der Waals surface area (Å²) in [7, 11) is 0. The predicted octanol–water partition coefficient (Wildman–Crippen LogP) is 2.70. The molecule has 0 spiro atoms. The van der Waals surface area contributed by atoms with Crippen LogP contribution in [0.4, 0.5) is 0 Å². The molecule has 104 valence electrons. The van der Waals surface area contributed by atoms with Gasteiger partial charge in [0.25, 0.3) is 0 Å². The molecule has 0 aromatic heterocycles. The quantitative estimate of drug-likeness (QED) is 0.721. The van der Waals surface area contributed by atoms with Gasteiger partial charge in [0.1, 0.15) is 0 Å². The van der Waals surface area contributed by atoms with Gasteiger partial charge >= 0.3 is 5.97 Å². The van der Waals surface area contributed by atoms with Gasteiger partial charge in [0.05, 0.1) is 12.5 Å². The minimum Gasteiger partial charge on any atom is -0.466 e. The largest absolute Gasteiger partial charge is 0.466 e. The van der Waals surface area contributed by atoms with Crippen LogP contribution >= 0.6 is 0 Å². The first-order valence-electron chi connectivity index (χ1n) is 7.59. The Morgan fingerprint density at radius 3 is 2.72 bits per heavy atom. The van der Waals surface area contributed by atoms with Crippen molar-refractivity contribution in [3.8, 4) is 0 Å². The first kappa shape index (κ1) is 13.9. The van der Waals surface area contributed by atoms with Gasteiger partial charge in [-0.2, -0.15) is 0 Å². The lowest BCUT2D eigenvalue weighted by molar-refractivity contribution is -0.148. The first-order chi connectivity index (χ1) is 8.70. The van der Waals surface area contributed by atoms with Crippen LogP contribution in [0.5, 0.6) is 0 Å². The van der Waals surface area contributed by atoms with E-state index in [9.17, 15) is 4.79 Å². The van der Waals surface area contributed by atoms with Crippen LogP contribution < -0.4 is 0 Å². The number of fused-ring (bicyclic) bond motifs is 1. The highest BCUT2D eigenvalue weighted by Gasteiger charge is 2.32. The van der Waals surface area contributed by atoms with E-state index in [2.05, 4.69) is 4.90 Å². The normalized spacial score (nSPS) is 30.6. The van der Waals surface area contributed by atoms with E-state index in [1.807, 2.05) is 13.8 Å². The summed E-state index contributed by atoms with van der Waals surface area (Å²) in [6.07, 6.45) is 7.00. The first-order valence-corrected chi connectivity index (χ1v) is 7.59. The fourth-order valence-corrected chi connectivity index (χ4v) is 3.59. The standard InChI is InChI=1S/C15H27NO2/c1-3-18-15(17)12(2)10-16-9-8-13-6-4-5-7-14(13)11-16/h12-14H,3-11H2,1-2H3. The van der Waals surface area contributed by atoms with E-state index in [0.29, 0.717) is 6.61 Å². The predicted molar refractivity (Wildman–Crippen MR) is 72.3 cm³/mol. The van der Waals surface area contributed by atoms with Crippen LogP contribution in [-0.4, -0.2) is 37.1 Å². The lowest BCUT2D eigenvalue weighted by Crippen LogP contribution is -2.44. The third-order valence-electron chi connectivity index (χ3n) is 4.60. The average molecular weight is 253 g/mol. The molecule has 0 N–H and O–H groups in total. The summed E-state index contributed by atoms with van der Waals surface area (Å²) in [6.45, 7) is 7.61. The molecular formula is C15H27NO2. The maximum absolute atomic E-state index is 11.7. The molecule has 1 heterocycles. The van der Waals surface area contributed by atoms with Gasteiger partial charge in [0, 0.05) is 13.1 Å². The number of hydrogen-bond acceptors (Lipinski definition) is 3. The Labute approximate surface area is 111 Å². The minimum absolute atomic E-state index is 0.0186. The Balaban J connectivity index is 1.78. The molecule has 1 aliphatic heterocycles. The maximum Gasteiger partial charge on any atom is 0.309 e. The van der Waals surface area contributed by atoms with Crippen molar-refractivity contribution >= 4 is 5.97 Å². The summed E-state index contributed by atoms with van der Waals surface area (Å²) in [5.41, 5.74) is 0. The number of nitrogens with zero attached hydrogens (tertiary/aromatic N) is 1. The van der Waals surface area contributed by atoms with Crippen molar-refractivity contribution in [1.82, 2.24) is 4.90 Å². The van der Waals surface area contributed by atoms with E-state index < -0.39 is 0 Å². The molecule has 0 aromatic carbocycles. The van der Waals surface area contributed by atoms with E-state index in [1.165, 1.54) is 45.2 Å². The van der Waals surface area contributed by atoms with Gasteiger partial charge in [-0.25, -0.2) is 0 Å². The number of likely N-dealkylation sites (tertiary alicyclic amines) is 1. The number of carbonyl (C=O) groups excluding carboxylic acids is 1. The second-order valence-corrected chi connectivity index (χ2v) is 6.01. The molecule has 3 nitrogen and oxygen atoms in total. The Morgan fingerprint density at radius 2 is 2.00 bits per heavy atom. The lowest BCUT2D eigenvalue weighted by atomic mass is 9.75. The molecule has 1 saturated carbocycles. The highest BCUT2D eigenvalue weighted by molar-refractivity contribution is 5.72. The zero-order valence-corrected chi connectivity index (χ0v) is 11.9. The molecule has 0 radical (unpaired) electrons. The Hall–Kier alpha value is -0.570. The number of ether oxygens (including phenoxy) is 1. The molecule has 2 fully saturated rings. The lowest BCUT2D eigenvalue weighted by Gasteiger charge is -2.41. The van der Waals surface area contributed by atoms with Crippen LogP contribution in [0.25, 0.3) is 0 Å². The van der Waals surface area contributed by atoms with Crippen molar-refractivity contribution in [2.45, 2.75) is 46.0 Å². The smallest absolute Gasteiger partial charge is 0.309 e. The van der Waals surface area contributed by atoms with Crippen LogP contribution in [0.3, 0.4) is 0 Å². The van der Waals surface area contributed by atoms with Crippen molar-refractivity contribution in [1.29, 1.82) is 0 Å². The average Bonchev–Trinajstić information content (AvgIpc) is 2.39. The SMILES string of the molecule is CCOC(=O)C(C)CN1CCC2CCCCC2C1. The zero-order valence-electron chi connectivity index (χ0n) is 11.9. The summed E-state index contributed by atoms with van der Waals surface area (Å²) in [5, 5.41) is 0. The van der Waals surface area contributed by atoms with E-state index in [4.69, 9.17) is 4.74 Å². The van der Waals surface area contributed by atoms with Gasteiger partial charge in [0.2, 0.25) is 0 Å². The minimum atomic E-state index is -0.0386. The molecule has 18 heavy (non-hydrogen) atoms. The summed E-state index contributed by atoms with van der Waals surface area (Å²) in [4.78, 5) is 14.1. The van der Waals surface area contributed by atoms with Crippen molar-refractivity contribution in [3.05, 3.63) is 0 Å². The molecule has 0 aromatic rings. The maximum atomic E-state index is 11.7. The second kappa shape index (κ2) is 6.55. The highest BCUT2D eigenvalue weighted by atomic mass is 16.5. The topological polar surface area (TPSA) is 29.5 Å². The molecule has 3 atom stereocenters. The Bertz CT molecular complexity index is 280. The van der Waals surface area contributed by atoms with Crippen molar-refractivity contribution in [3.63, 3.8) is 0 Å². The van der Waals surface area contributed by atoms with Crippen LogP contribution in [0.2, 0.25) is 0 Å². The van der Waals surface area contributed by atoms with Gasteiger partial charge in [-0.05, 0) is 38.1 Å². The van der Waals surface area contributed by atoms with E-state index in [0.717, 1.165) is 18.4 Å². The number of esters is 1. The zero-order chi connectivity index (χ0) is 13.0. The molecular weight excluding hydrogens is 226 g/mol. The van der Waals surface area contributed by atoms with Gasteiger partial charge in [-0.15, -0.1) is 0 Å². The molecule has 1 aliphatic carbocycles. The summed E-state index contributed by atoms with van der Waals surface area (Å²) in [6, 6.07) is 0. The number of hydrogen-bond donors (Lipinski definition) is 0. The van der Waals surface area contributed by atoms with Crippen molar-refractivity contribution < 1.29 is 9.53 Å². The number of rotatable bonds is 4. The molecule has 0 bridgehead atoms. The molecule has 2 aliphatic rings. The van der Waals surface area contributed by atoms with Crippen LogP contribution in [0.1, 0.15) is 46.0 Å². The van der Waals surface area contributed by atoms with Crippen LogP contribution in [0.15, 0.2) is 0 Å². The Morgan fingerprint density at radius 1 is 1.28 bits per heavy atom. The van der Waals surface area contributed by atoms with Crippen LogP contribution in [0, 0.1) is 17.8 Å². The third-order valence-corrected chi connectivity index (χ3v) is 4.60. The summed E-state index contributed by atoms with van der Waals surface area (Å²) >= 11 is 0. The van der Waals surface area contributed by atoms with Gasteiger partial charge in [0.15, 0.2) is 0 Å².